The van der Waals surface area contributed by atoms with Crippen LogP contribution in [0.2, 0.25) is 0 Å². The molecule has 12 heteroatoms. The number of carbonyl (C=O) groups is 1. The van der Waals surface area contributed by atoms with Crippen molar-refractivity contribution < 1.29 is 50.9 Å². The molecule has 2 aromatic carbocycles. The molecule has 0 radical (unpaired) electrons. The molecule has 0 bridgehead atoms. The first-order valence-corrected chi connectivity index (χ1v) is 17.4. The maximum atomic E-state index is 11.3. The van der Waals surface area contributed by atoms with Crippen LogP contribution in [0.5, 0.6) is 0 Å². The minimum Gasteiger partial charge on any atom is -0.342 e. The van der Waals surface area contributed by atoms with Crippen LogP contribution < -0.4 is 4.90 Å². The summed E-state index contributed by atoms with van der Waals surface area (Å²) in [5, 5.41) is 9.29. The Morgan fingerprint density at radius 2 is 1.68 bits per heavy atom. The Morgan fingerprint density at radius 3 is 2.25 bits per heavy atom. The van der Waals surface area contributed by atoms with Gasteiger partial charge >= 0.3 is 215 Å². The van der Waals surface area contributed by atoms with E-state index in [4.69, 9.17) is 24.1 Å². The van der Waals surface area contributed by atoms with E-state index in [0.717, 1.165) is 22.5 Å². The number of carboxylic acids is 1. The minimum absolute atomic E-state index is 0.200. The van der Waals surface area contributed by atoms with Gasteiger partial charge in [-0.15, -0.1) is 0 Å². The average Bonchev–Trinajstić information content (AvgIpc) is 3.13. The zero-order chi connectivity index (χ0) is 33.3. The molecular formula is C32H39NNiO8S2-2. The zero-order valence-electron chi connectivity index (χ0n) is 25.1. The zero-order valence-corrected chi connectivity index (χ0v) is 27.8. The van der Waals surface area contributed by atoms with Gasteiger partial charge in [-0.1, -0.05) is 0 Å². The van der Waals surface area contributed by atoms with Crippen LogP contribution in [-0.2, 0) is 46.1 Å². The second-order valence-electron chi connectivity index (χ2n) is 11.1. The third kappa shape index (κ3) is 10.6. The molecule has 1 aliphatic heterocycles. The van der Waals surface area contributed by atoms with Gasteiger partial charge in [0.05, 0.1) is 0 Å². The molecule has 0 atom stereocenters. The van der Waals surface area contributed by atoms with Gasteiger partial charge in [0, 0.05) is 5.75 Å². The number of para-hydroxylation sites is 1. The van der Waals surface area contributed by atoms with Gasteiger partial charge in [0.2, 0.25) is 0 Å². The number of hydrogen-bond donors (Lipinski definition) is 3. The predicted octanol–water partition coefficient (Wildman–Crippen LogP) is 5.35. The van der Waals surface area contributed by atoms with Crippen LogP contribution >= 0.6 is 0 Å². The second kappa shape index (κ2) is 15.4. The average molecular weight is 688 g/mol. The summed E-state index contributed by atoms with van der Waals surface area (Å²) in [7, 11) is -7.76. The van der Waals surface area contributed by atoms with E-state index >= 15 is 0 Å². The number of fused-ring (bicyclic) bond motifs is 1. The molecule has 9 nitrogen and oxygen atoms in total. The first-order valence-electron chi connectivity index (χ1n) is 13.7. The maximum absolute atomic E-state index is 11.3. The van der Waals surface area contributed by atoms with E-state index in [0.29, 0.717) is 17.5 Å². The van der Waals surface area contributed by atoms with Gasteiger partial charge in [-0.2, -0.15) is 23.3 Å². The SMILES string of the molecule is CC(C)([C](=[Ni])/C=C/C=C/C=C1/N(CCCS(=O)(=O)O)c2ccccc2C1(C)C)c1[c-]ccc(C(=O)O)c1.[CH2-]CCS(=O)(=O)O. The van der Waals surface area contributed by atoms with Crippen molar-refractivity contribution in [2.75, 3.05) is 23.0 Å². The monoisotopic (exact) mass is 687 g/mol. The van der Waals surface area contributed by atoms with Gasteiger partial charge in [0.25, 0.3) is 10.1 Å². The molecule has 1 aliphatic rings. The summed E-state index contributed by atoms with van der Waals surface area (Å²) in [6.07, 6.45) is 10.0. The summed E-state index contributed by atoms with van der Waals surface area (Å²) >= 11 is 5.27. The van der Waals surface area contributed by atoms with E-state index in [-0.39, 0.29) is 28.9 Å². The number of aromatic carboxylic acids is 1. The number of benzene rings is 2. The number of rotatable bonds is 12. The Balaban J connectivity index is 0.000000860. The number of allylic oxidation sites excluding steroid dienone is 6. The van der Waals surface area contributed by atoms with Crippen LogP contribution in [0.25, 0.3) is 0 Å². The molecule has 0 saturated carbocycles. The Kier molecular flexibility index (Phi) is 13.1. The van der Waals surface area contributed by atoms with Gasteiger partial charge in [-0.25, -0.2) is 0 Å². The van der Waals surface area contributed by atoms with E-state index < -0.39 is 31.6 Å². The van der Waals surface area contributed by atoms with Gasteiger partial charge in [0.1, 0.15) is 0 Å². The van der Waals surface area contributed by atoms with Gasteiger partial charge < -0.3 is 6.92 Å². The summed E-state index contributed by atoms with van der Waals surface area (Å²) in [6, 6.07) is 15.9. The Labute approximate surface area is 268 Å². The van der Waals surface area contributed by atoms with Crippen LogP contribution in [0, 0.1) is 13.0 Å². The molecule has 0 amide bonds. The standard InChI is InChI=1S/C29H32NO5S.C3H7O3S.Ni/c1-28(2,23-14-11-13-22(21-23)27(31)32)18-10-6-5-7-17-26-29(3,4)24-15-8-9-16-25(24)30(26)19-12-20-36(33,34)35;1-2-3-7(4,5)6;/h5-11,13,15-17,21H,12,19-20H2,1-4H3,(H,31,32)(H,33,34,35);1-3H2,(H,4,5,6);/q2*-1;/b7-5+,10-6+,26-17+;;. The maximum Gasteiger partial charge on any atom is 0.262 e. The third-order valence-corrected chi connectivity index (χ3v) is 9.37. The van der Waals surface area contributed by atoms with Crippen LogP contribution in [0.4, 0.5) is 5.69 Å². The van der Waals surface area contributed by atoms with Crippen molar-refractivity contribution in [2.24, 2.45) is 0 Å². The van der Waals surface area contributed by atoms with E-state index in [1.54, 1.807) is 12.1 Å². The molecule has 0 spiro atoms. The summed E-state index contributed by atoms with van der Waals surface area (Å²) in [5.41, 5.74) is 3.28. The fourth-order valence-corrected chi connectivity index (χ4v) is 5.69. The van der Waals surface area contributed by atoms with Crippen molar-refractivity contribution >= 4 is 36.4 Å². The topological polar surface area (TPSA) is 149 Å². The molecule has 3 rings (SSSR count). The van der Waals surface area contributed by atoms with E-state index in [1.165, 1.54) is 6.07 Å². The van der Waals surface area contributed by atoms with Crippen LogP contribution in [-0.4, -0.2) is 59.6 Å². The molecule has 0 aliphatic carbocycles. The molecular weight excluding hydrogens is 649 g/mol. The smallest absolute Gasteiger partial charge is 0.262 e. The first kappa shape index (κ1) is 37.3. The van der Waals surface area contributed by atoms with Crippen molar-refractivity contribution in [2.45, 2.75) is 51.4 Å². The summed E-state index contributed by atoms with van der Waals surface area (Å²) < 4.78 is 59.7. The Hall–Kier alpha value is -2.89. The Morgan fingerprint density at radius 1 is 1.05 bits per heavy atom. The molecule has 0 saturated heterocycles. The van der Waals surface area contributed by atoms with Gasteiger partial charge in [-0.3, -0.25) is 9.11 Å². The summed E-state index contributed by atoms with van der Waals surface area (Å²) in [6.45, 7) is 11.8. The second-order valence-corrected chi connectivity index (χ2v) is 14.8. The molecule has 0 unspecified atom stereocenters. The van der Waals surface area contributed by atoms with Crippen LogP contribution in [0.15, 0.2) is 78.5 Å². The number of nitrogens with zero attached hydrogens (tertiary/aromatic N) is 1. The number of hydrogen-bond acceptors (Lipinski definition) is 6. The molecule has 0 fully saturated rings. The van der Waals surface area contributed by atoms with Gasteiger partial charge in [0.15, 0.2) is 0 Å². The molecule has 44 heavy (non-hydrogen) atoms. The van der Waals surface area contributed by atoms with Crippen molar-refractivity contribution in [1.82, 2.24) is 0 Å². The molecule has 1 heterocycles. The van der Waals surface area contributed by atoms with Crippen molar-refractivity contribution in [3.8, 4) is 0 Å². The predicted molar refractivity (Wildman–Crippen MR) is 171 cm³/mol. The van der Waals surface area contributed by atoms with E-state index in [2.05, 4.69) is 37.8 Å². The fraction of sp³-hybridized carbons (Fsp3) is 0.344. The van der Waals surface area contributed by atoms with Crippen molar-refractivity contribution in [3.63, 3.8) is 0 Å². The first-order chi connectivity index (χ1) is 20.3. The van der Waals surface area contributed by atoms with Crippen molar-refractivity contribution in [1.29, 1.82) is 0 Å². The van der Waals surface area contributed by atoms with E-state index in [9.17, 15) is 26.7 Å². The molecule has 0 aromatic heterocycles. The molecule has 3 N–H and O–H groups in total. The molecule has 244 valence electrons. The number of anilines is 1. The quantitative estimate of drug-likeness (QED) is 0.116. The minimum atomic E-state index is -4.02. The van der Waals surface area contributed by atoms with Gasteiger partial charge in [-0.05, 0) is 0 Å². The number of carboxylic acid groups (broad SMARTS) is 1. The Bertz CT molecular complexity index is 1660. The normalized spacial score (nSPS) is 15.8. The van der Waals surface area contributed by atoms with Crippen LogP contribution in [0.3, 0.4) is 0 Å². The van der Waals surface area contributed by atoms with Crippen LogP contribution in [0.1, 0.15) is 62.0 Å². The fourth-order valence-electron chi connectivity index (χ4n) is 4.60. The summed E-state index contributed by atoms with van der Waals surface area (Å²) in [4.78, 5) is 13.4. The molecule has 2 aromatic rings. The largest absolute Gasteiger partial charge is 0.342 e. The summed E-state index contributed by atoms with van der Waals surface area (Å²) in [5.74, 6) is -1.53. The van der Waals surface area contributed by atoms with Crippen molar-refractivity contribution in [3.05, 3.63) is 108 Å². The third-order valence-electron chi connectivity index (χ3n) is 6.97. The van der Waals surface area contributed by atoms with E-state index in [1.807, 2.05) is 62.4 Å².